The van der Waals surface area contributed by atoms with Crippen LogP contribution < -0.4 is 0 Å². The largest absolute Gasteiger partial charge is 0.455 e. The van der Waals surface area contributed by atoms with Gasteiger partial charge in [0.05, 0.1) is 16.4 Å². The van der Waals surface area contributed by atoms with Gasteiger partial charge in [0.25, 0.3) is 0 Å². The Kier molecular flexibility index (Phi) is 5.25. The van der Waals surface area contributed by atoms with E-state index < -0.39 is 0 Å². The lowest BCUT2D eigenvalue weighted by atomic mass is 9.95. The van der Waals surface area contributed by atoms with Gasteiger partial charge in [0.2, 0.25) is 5.71 Å². The fourth-order valence-corrected chi connectivity index (χ4v) is 6.86. The second-order valence-corrected chi connectivity index (χ2v) is 11.8. The van der Waals surface area contributed by atoms with Crippen molar-refractivity contribution < 1.29 is 8.83 Å². The fourth-order valence-electron chi connectivity index (χ4n) is 6.86. The van der Waals surface area contributed by atoms with Crippen LogP contribution in [0.1, 0.15) is 0 Å². The molecule has 3 heterocycles. The van der Waals surface area contributed by atoms with Gasteiger partial charge in [-0.3, -0.25) is 0 Å². The molecule has 0 spiro atoms. The van der Waals surface area contributed by atoms with Crippen molar-refractivity contribution in [1.29, 1.82) is 0 Å². The third-order valence-electron chi connectivity index (χ3n) is 9.07. The number of nitrogens with zero attached hydrogens (tertiary/aromatic N) is 2. The third-order valence-corrected chi connectivity index (χ3v) is 9.07. The highest BCUT2D eigenvalue weighted by Gasteiger charge is 2.16. The van der Waals surface area contributed by atoms with Gasteiger partial charge in [-0.15, -0.1) is 0 Å². The minimum atomic E-state index is 0.557. The first-order chi connectivity index (χ1) is 22.8. The summed E-state index contributed by atoms with van der Waals surface area (Å²) in [6.07, 6.45) is 0. The Morgan fingerprint density at radius 1 is 0.413 bits per heavy atom. The summed E-state index contributed by atoms with van der Waals surface area (Å²) >= 11 is 0. The molecule has 0 aliphatic heterocycles. The van der Waals surface area contributed by atoms with E-state index in [4.69, 9.17) is 18.8 Å². The summed E-state index contributed by atoms with van der Waals surface area (Å²) in [7, 11) is 0. The van der Waals surface area contributed by atoms with E-state index in [9.17, 15) is 0 Å². The molecule has 46 heavy (non-hydrogen) atoms. The van der Waals surface area contributed by atoms with Crippen molar-refractivity contribution in [2.24, 2.45) is 0 Å². The SMILES string of the molecule is c1cc(-c2cccc(-c3cccc4c3oc3ccccc34)c2)cc(-c2ccc3nc4c(nc3c2)oc2ccc3ccccc3c24)c1. The van der Waals surface area contributed by atoms with Crippen molar-refractivity contribution in [2.75, 3.05) is 0 Å². The van der Waals surface area contributed by atoms with E-state index in [0.717, 1.165) is 93.6 Å². The van der Waals surface area contributed by atoms with Crippen LogP contribution in [-0.4, -0.2) is 9.97 Å². The van der Waals surface area contributed by atoms with Crippen LogP contribution >= 0.6 is 0 Å². The third kappa shape index (κ3) is 3.80. The molecule has 0 saturated heterocycles. The quantitative estimate of drug-likeness (QED) is 0.206. The van der Waals surface area contributed by atoms with E-state index in [-0.39, 0.29) is 0 Å². The summed E-state index contributed by atoms with van der Waals surface area (Å²) in [6, 6.07) is 50.6. The maximum Gasteiger partial charge on any atom is 0.246 e. The molecule has 3 aromatic heterocycles. The standard InChI is InChI=1S/C42H24N2O2/c1-2-13-31-25(8-1)19-21-38-39(31)40-42(46-38)44-36-24-29(18-20-35(36)43-40)27-10-5-9-26(22-27)28-11-6-12-30(23-28)32-15-7-16-34-33-14-3-4-17-37(33)45-41(32)34/h1-24H. The summed E-state index contributed by atoms with van der Waals surface area (Å²) in [5.74, 6) is 0. The van der Waals surface area contributed by atoms with Gasteiger partial charge in [0, 0.05) is 16.3 Å². The number of furan rings is 2. The van der Waals surface area contributed by atoms with Crippen LogP contribution in [0.15, 0.2) is 154 Å². The summed E-state index contributed by atoms with van der Waals surface area (Å²) in [5, 5.41) is 5.56. The summed E-state index contributed by atoms with van der Waals surface area (Å²) < 4.78 is 12.5. The van der Waals surface area contributed by atoms with Crippen molar-refractivity contribution in [3.8, 4) is 33.4 Å². The average Bonchev–Trinajstić information content (AvgIpc) is 3.68. The number of para-hydroxylation sites is 2. The Balaban J connectivity index is 1.05. The highest BCUT2D eigenvalue weighted by atomic mass is 16.3. The van der Waals surface area contributed by atoms with Crippen LogP contribution in [0.2, 0.25) is 0 Å². The van der Waals surface area contributed by atoms with Gasteiger partial charge in [-0.2, -0.15) is 0 Å². The Morgan fingerprint density at radius 3 is 1.98 bits per heavy atom. The van der Waals surface area contributed by atoms with Crippen LogP contribution in [0, 0.1) is 0 Å². The van der Waals surface area contributed by atoms with Crippen LogP contribution in [0.4, 0.5) is 0 Å². The van der Waals surface area contributed by atoms with Crippen LogP contribution in [-0.2, 0) is 0 Å². The average molecular weight is 589 g/mol. The first kappa shape index (κ1) is 25.1. The molecule has 4 nitrogen and oxygen atoms in total. The molecule has 0 radical (unpaired) electrons. The van der Waals surface area contributed by atoms with Crippen molar-refractivity contribution in [3.05, 3.63) is 146 Å². The number of hydrogen-bond acceptors (Lipinski definition) is 4. The van der Waals surface area contributed by atoms with Crippen molar-refractivity contribution in [1.82, 2.24) is 9.97 Å². The van der Waals surface area contributed by atoms with E-state index in [2.05, 4.69) is 115 Å². The minimum absolute atomic E-state index is 0.557. The molecule has 4 heteroatoms. The second kappa shape index (κ2) is 9.62. The van der Waals surface area contributed by atoms with Gasteiger partial charge in [-0.25, -0.2) is 9.97 Å². The Morgan fingerprint density at radius 2 is 1.11 bits per heavy atom. The molecule has 0 N–H and O–H groups in total. The molecule has 214 valence electrons. The zero-order valence-electron chi connectivity index (χ0n) is 24.6. The van der Waals surface area contributed by atoms with Gasteiger partial charge in [-0.1, -0.05) is 109 Å². The van der Waals surface area contributed by atoms with Crippen molar-refractivity contribution in [2.45, 2.75) is 0 Å². The molecule has 10 rings (SSSR count). The zero-order chi connectivity index (χ0) is 30.2. The lowest BCUT2D eigenvalue weighted by Crippen LogP contribution is -1.87. The molecule has 0 atom stereocenters. The molecule has 0 aliphatic carbocycles. The van der Waals surface area contributed by atoms with Crippen LogP contribution in [0.5, 0.6) is 0 Å². The number of hydrogen-bond donors (Lipinski definition) is 0. The van der Waals surface area contributed by atoms with E-state index in [1.165, 1.54) is 0 Å². The molecular formula is C42H24N2O2. The maximum atomic E-state index is 6.34. The van der Waals surface area contributed by atoms with Gasteiger partial charge in [0.1, 0.15) is 22.3 Å². The maximum absolute atomic E-state index is 6.34. The summed E-state index contributed by atoms with van der Waals surface area (Å²) in [5.41, 5.74) is 12.3. The van der Waals surface area contributed by atoms with Crippen LogP contribution in [0.25, 0.3) is 99.3 Å². The minimum Gasteiger partial charge on any atom is -0.455 e. The first-order valence-electron chi connectivity index (χ1n) is 15.4. The van der Waals surface area contributed by atoms with Gasteiger partial charge >= 0.3 is 0 Å². The monoisotopic (exact) mass is 588 g/mol. The van der Waals surface area contributed by atoms with Gasteiger partial charge < -0.3 is 8.83 Å². The normalized spacial score (nSPS) is 11.9. The topological polar surface area (TPSA) is 52.1 Å². The summed E-state index contributed by atoms with van der Waals surface area (Å²) in [6.45, 7) is 0. The molecule has 0 aliphatic rings. The van der Waals surface area contributed by atoms with Crippen molar-refractivity contribution >= 4 is 65.9 Å². The fraction of sp³-hybridized carbons (Fsp3) is 0. The Labute approximate surface area is 263 Å². The number of fused-ring (bicyclic) bond motifs is 9. The smallest absolute Gasteiger partial charge is 0.246 e. The number of aromatic nitrogens is 2. The van der Waals surface area contributed by atoms with Crippen LogP contribution in [0.3, 0.4) is 0 Å². The molecule has 0 fully saturated rings. The predicted molar refractivity (Wildman–Crippen MR) is 188 cm³/mol. The van der Waals surface area contributed by atoms with E-state index in [1.807, 2.05) is 30.3 Å². The molecule has 0 saturated carbocycles. The molecular weight excluding hydrogens is 564 g/mol. The molecule has 10 aromatic rings. The molecule has 0 unspecified atom stereocenters. The Hall–Kier alpha value is -6.26. The molecule has 0 amide bonds. The van der Waals surface area contributed by atoms with Crippen molar-refractivity contribution in [3.63, 3.8) is 0 Å². The molecule has 0 bridgehead atoms. The van der Waals surface area contributed by atoms with E-state index in [1.54, 1.807) is 0 Å². The summed E-state index contributed by atoms with van der Waals surface area (Å²) in [4.78, 5) is 9.96. The zero-order valence-corrected chi connectivity index (χ0v) is 24.6. The lowest BCUT2D eigenvalue weighted by molar-refractivity contribution is 0.655. The number of rotatable bonds is 3. The number of benzene rings is 7. The van der Waals surface area contributed by atoms with E-state index >= 15 is 0 Å². The predicted octanol–water partition coefficient (Wildman–Crippen LogP) is 11.6. The van der Waals surface area contributed by atoms with E-state index in [0.29, 0.717) is 5.71 Å². The lowest BCUT2D eigenvalue weighted by Gasteiger charge is -2.09. The van der Waals surface area contributed by atoms with Gasteiger partial charge in [0.15, 0.2) is 0 Å². The van der Waals surface area contributed by atoms with Gasteiger partial charge in [-0.05, 0) is 75.0 Å². The Bertz CT molecular complexity index is 2820. The highest BCUT2D eigenvalue weighted by molar-refractivity contribution is 6.17. The first-order valence-corrected chi connectivity index (χ1v) is 15.4. The molecule has 7 aromatic carbocycles. The second-order valence-electron chi connectivity index (χ2n) is 11.8. The highest BCUT2D eigenvalue weighted by Crippen LogP contribution is 2.38.